The molecular formula is C19H21ClN2O6S2. The number of hydrogen-bond donors (Lipinski definition) is 1. The minimum Gasteiger partial charge on any atom is -0.476 e. The summed E-state index contributed by atoms with van der Waals surface area (Å²) in [5.74, 6) is -0.259. The van der Waals surface area contributed by atoms with E-state index in [0.717, 1.165) is 16.8 Å². The number of fused-ring (bicyclic) bond motifs is 1. The van der Waals surface area contributed by atoms with E-state index in [0.29, 0.717) is 10.6 Å². The molecule has 0 fully saturated rings. The predicted octanol–water partition coefficient (Wildman–Crippen LogP) is 2.15. The molecule has 162 valence electrons. The van der Waals surface area contributed by atoms with Crippen molar-refractivity contribution in [3.05, 3.63) is 53.1 Å². The normalized spacial score (nSPS) is 17.6. The molecule has 0 radical (unpaired) electrons. The molecule has 1 aliphatic rings. The fourth-order valence-electron chi connectivity index (χ4n) is 3.07. The van der Waals surface area contributed by atoms with Crippen LogP contribution in [-0.4, -0.2) is 47.9 Å². The number of amides is 1. The smallest absolute Gasteiger partial charge is 0.263 e. The minimum absolute atomic E-state index is 0.180. The summed E-state index contributed by atoms with van der Waals surface area (Å²) >= 11 is 5.97. The summed E-state index contributed by atoms with van der Waals surface area (Å²) in [6.45, 7) is 1.54. The third-order valence-electron chi connectivity index (χ3n) is 4.65. The summed E-state index contributed by atoms with van der Waals surface area (Å²) in [6.07, 6.45) is 1.10. The number of carbonyl (C=O) groups excluding carboxylic acids is 1. The third-order valence-corrected chi connectivity index (χ3v) is 7.16. The van der Waals surface area contributed by atoms with Crippen LogP contribution in [-0.2, 0) is 24.7 Å². The maximum absolute atomic E-state index is 12.8. The van der Waals surface area contributed by atoms with E-state index < -0.39 is 37.9 Å². The molecule has 2 aromatic carbocycles. The second kappa shape index (κ2) is 8.09. The number of hydrogen-bond acceptors (Lipinski definition) is 6. The monoisotopic (exact) mass is 472 g/mol. The van der Waals surface area contributed by atoms with Gasteiger partial charge in [0.2, 0.25) is 10.0 Å². The Morgan fingerprint density at radius 3 is 2.33 bits per heavy atom. The van der Waals surface area contributed by atoms with E-state index in [-0.39, 0.29) is 22.9 Å². The van der Waals surface area contributed by atoms with Gasteiger partial charge in [-0.25, -0.2) is 16.8 Å². The first-order valence-electron chi connectivity index (χ1n) is 8.90. The molecule has 1 N–H and O–H groups in total. The quantitative estimate of drug-likeness (QED) is 0.714. The second-order valence-electron chi connectivity index (χ2n) is 7.08. The number of nitrogens with zero attached hydrogens (tertiary/aromatic N) is 1. The van der Waals surface area contributed by atoms with Crippen LogP contribution >= 0.6 is 11.6 Å². The third kappa shape index (κ3) is 4.88. The van der Waals surface area contributed by atoms with E-state index in [1.54, 1.807) is 25.1 Å². The zero-order chi connectivity index (χ0) is 22.3. The number of sulfonamides is 1. The maximum Gasteiger partial charge on any atom is 0.263 e. The Labute approximate surface area is 180 Å². The SMILES string of the molecule is C[C@H](NC(=O)[C@@H]1CN(S(C)(=O)=O)c2cc(Cl)ccc2O1)c1ccc(S(C)(=O)=O)cc1. The molecule has 0 saturated heterocycles. The van der Waals surface area contributed by atoms with Crippen molar-refractivity contribution in [1.29, 1.82) is 0 Å². The van der Waals surface area contributed by atoms with Crippen LogP contribution in [0.3, 0.4) is 0 Å². The van der Waals surface area contributed by atoms with Gasteiger partial charge in [-0.3, -0.25) is 9.10 Å². The van der Waals surface area contributed by atoms with Crippen LogP contribution in [0, 0.1) is 0 Å². The lowest BCUT2D eigenvalue weighted by molar-refractivity contribution is -0.128. The summed E-state index contributed by atoms with van der Waals surface area (Å²) in [6, 6.07) is 10.2. The van der Waals surface area contributed by atoms with E-state index in [1.807, 2.05) is 0 Å². The Morgan fingerprint density at radius 1 is 1.13 bits per heavy atom. The van der Waals surface area contributed by atoms with Gasteiger partial charge in [-0.15, -0.1) is 0 Å². The van der Waals surface area contributed by atoms with Crippen molar-refractivity contribution in [2.24, 2.45) is 0 Å². The first-order valence-corrected chi connectivity index (χ1v) is 13.0. The maximum atomic E-state index is 12.8. The molecule has 1 amide bonds. The zero-order valence-electron chi connectivity index (χ0n) is 16.5. The molecule has 2 atom stereocenters. The summed E-state index contributed by atoms with van der Waals surface area (Å²) in [7, 11) is -6.98. The van der Waals surface area contributed by atoms with E-state index in [2.05, 4.69) is 5.32 Å². The number of sulfone groups is 1. The topological polar surface area (TPSA) is 110 Å². The van der Waals surface area contributed by atoms with Gasteiger partial charge >= 0.3 is 0 Å². The van der Waals surface area contributed by atoms with Crippen molar-refractivity contribution in [1.82, 2.24) is 5.32 Å². The first kappa shape index (κ1) is 22.4. The van der Waals surface area contributed by atoms with Gasteiger partial charge in [0, 0.05) is 11.3 Å². The van der Waals surface area contributed by atoms with Gasteiger partial charge in [0.15, 0.2) is 15.9 Å². The Hall–Kier alpha value is -2.30. The van der Waals surface area contributed by atoms with Crippen molar-refractivity contribution in [3.8, 4) is 5.75 Å². The van der Waals surface area contributed by atoms with Gasteiger partial charge in [-0.2, -0.15) is 0 Å². The van der Waals surface area contributed by atoms with Crippen molar-refractivity contribution < 1.29 is 26.4 Å². The number of halogens is 1. The lowest BCUT2D eigenvalue weighted by Crippen LogP contribution is -2.50. The van der Waals surface area contributed by atoms with Gasteiger partial charge in [-0.1, -0.05) is 23.7 Å². The van der Waals surface area contributed by atoms with Gasteiger partial charge in [0.05, 0.1) is 29.4 Å². The lowest BCUT2D eigenvalue weighted by atomic mass is 10.1. The first-order chi connectivity index (χ1) is 13.9. The number of nitrogens with one attached hydrogen (secondary N) is 1. The highest BCUT2D eigenvalue weighted by atomic mass is 35.5. The molecule has 0 aromatic heterocycles. The Bertz CT molecular complexity index is 1180. The molecule has 2 aromatic rings. The molecule has 0 unspecified atom stereocenters. The van der Waals surface area contributed by atoms with Crippen LogP contribution in [0.4, 0.5) is 5.69 Å². The van der Waals surface area contributed by atoms with Gasteiger partial charge in [0.1, 0.15) is 5.75 Å². The molecule has 1 aliphatic heterocycles. The number of benzene rings is 2. The number of carbonyl (C=O) groups is 1. The summed E-state index contributed by atoms with van der Waals surface area (Å²) in [5.41, 5.74) is 0.970. The van der Waals surface area contributed by atoms with Crippen molar-refractivity contribution in [3.63, 3.8) is 0 Å². The van der Waals surface area contributed by atoms with Crippen molar-refractivity contribution in [2.45, 2.75) is 24.0 Å². The molecule has 11 heteroatoms. The highest BCUT2D eigenvalue weighted by Crippen LogP contribution is 2.37. The molecule has 0 spiro atoms. The van der Waals surface area contributed by atoms with Gasteiger partial charge < -0.3 is 10.1 Å². The molecule has 8 nitrogen and oxygen atoms in total. The number of anilines is 1. The Kier molecular flexibility index (Phi) is 6.03. The molecule has 0 saturated carbocycles. The van der Waals surface area contributed by atoms with Crippen LogP contribution in [0.2, 0.25) is 5.02 Å². The molecular weight excluding hydrogens is 452 g/mol. The highest BCUT2D eigenvalue weighted by molar-refractivity contribution is 7.92. The lowest BCUT2D eigenvalue weighted by Gasteiger charge is -2.34. The number of ether oxygens (including phenoxy) is 1. The van der Waals surface area contributed by atoms with E-state index in [1.165, 1.54) is 24.3 Å². The summed E-state index contributed by atoms with van der Waals surface area (Å²) in [4.78, 5) is 13.0. The van der Waals surface area contributed by atoms with E-state index in [4.69, 9.17) is 16.3 Å². The van der Waals surface area contributed by atoms with Gasteiger partial charge in [0.25, 0.3) is 5.91 Å². The predicted molar refractivity (Wildman–Crippen MR) is 114 cm³/mol. The minimum atomic E-state index is -3.66. The van der Waals surface area contributed by atoms with Crippen LogP contribution in [0.25, 0.3) is 0 Å². The van der Waals surface area contributed by atoms with E-state index >= 15 is 0 Å². The Morgan fingerprint density at radius 2 is 1.77 bits per heavy atom. The van der Waals surface area contributed by atoms with Crippen LogP contribution < -0.4 is 14.4 Å². The van der Waals surface area contributed by atoms with E-state index in [9.17, 15) is 21.6 Å². The number of rotatable bonds is 5. The fraction of sp³-hybridized carbons (Fsp3) is 0.316. The molecule has 3 rings (SSSR count). The fourth-order valence-corrected chi connectivity index (χ4v) is 4.77. The molecule has 1 heterocycles. The molecule has 30 heavy (non-hydrogen) atoms. The average molecular weight is 473 g/mol. The largest absolute Gasteiger partial charge is 0.476 e. The summed E-state index contributed by atoms with van der Waals surface area (Å²) in [5, 5.41) is 3.12. The average Bonchev–Trinajstić information content (AvgIpc) is 2.65. The van der Waals surface area contributed by atoms with Crippen LogP contribution in [0.15, 0.2) is 47.4 Å². The van der Waals surface area contributed by atoms with Crippen LogP contribution in [0.5, 0.6) is 5.75 Å². The molecule has 0 bridgehead atoms. The highest BCUT2D eigenvalue weighted by Gasteiger charge is 2.35. The zero-order valence-corrected chi connectivity index (χ0v) is 18.9. The standard InChI is InChI=1S/C19H21ClN2O6S2/c1-12(13-4-7-15(8-5-13)29(2,24)25)21-19(23)18-11-22(30(3,26)27)16-10-14(20)6-9-17(16)28-18/h4-10,12,18H,11H2,1-3H3,(H,21,23)/t12-,18-/m0/s1. The van der Waals surface area contributed by atoms with Crippen molar-refractivity contribution >= 4 is 43.1 Å². The molecule has 0 aliphatic carbocycles. The second-order valence-corrected chi connectivity index (χ2v) is 11.4. The summed E-state index contributed by atoms with van der Waals surface area (Å²) < 4.78 is 54.4. The van der Waals surface area contributed by atoms with Gasteiger partial charge in [-0.05, 0) is 42.8 Å². The van der Waals surface area contributed by atoms with Crippen molar-refractivity contribution in [2.75, 3.05) is 23.4 Å². The van der Waals surface area contributed by atoms with Crippen LogP contribution in [0.1, 0.15) is 18.5 Å². The Balaban J connectivity index is 1.79.